The summed E-state index contributed by atoms with van der Waals surface area (Å²) in [6.45, 7) is -0.678. The second-order valence-corrected chi connectivity index (χ2v) is 13.3. The van der Waals surface area contributed by atoms with Crippen LogP contribution in [-0.4, -0.2) is 172 Å². The van der Waals surface area contributed by atoms with Crippen LogP contribution in [0.2, 0.25) is 0 Å². The lowest BCUT2D eigenvalue weighted by molar-refractivity contribution is -0.344. The van der Waals surface area contributed by atoms with Gasteiger partial charge in [0, 0.05) is 6.08 Å². The Labute approximate surface area is 315 Å². The molecule has 0 bridgehead atoms. The van der Waals surface area contributed by atoms with Crippen molar-refractivity contribution in [2.45, 2.75) is 92.8 Å². The van der Waals surface area contributed by atoms with Gasteiger partial charge in [0.25, 0.3) is 0 Å². The number of phenolic OH excluding ortho intramolecular Hbond substituents is 2. The third-order valence-corrected chi connectivity index (χ3v) is 9.50. The fourth-order valence-corrected chi connectivity index (χ4v) is 6.19. The van der Waals surface area contributed by atoms with Gasteiger partial charge in [-0.25, -0.2) is 4.79 Å². The van der Waals surface area contributed by atoms with Crippen molar-refractivity contribution in [3.63, 3.8) is 0 Å². The average Bonchev–Trinajstić information content (AvgIpc) is 3.46. The lowest BCUT2D eigenvalue weighted by Gasteiger charge is -2.45. The molecule has 3 saturated heterocycles. The van der Waals surface area contributed by atoms with Gasteiger partial charge in [-0.05, 0) is 54.8 Å². The van der Waals surface area contributed by atoms with Crippen LogP contribution in [0.25, 0.3) is 6.08 Å². The van der Waals surface area contributed by atoms with E-state index in [9.17, 15) is 50.8 Å². The van der Waals surface area contributed by atoms with Crippen molar-refractivity contribution in [3.05, 3.63) is 53.6 Å². The number of benzene rings is 2. The number of carbonyl (C=O) groups excluding carboxylic acids is 1. The zero-order valence-electron chi connectivity index (χ0n) is 30.2. The van der Waals surface area contributed by atoms with Crippen LogP contribution in [0, 0.1) is 0 Å². The Balaban J connectivity index is 1.42. The average molecular weight is 785 g/mol. The highest BCUT2D eigenvalue weighted by atomic mass is 16.8. The fourth-order valence-electron chi connectivity index (χ4n) is 6.19. The normalized spacial score (nSPS) is 35.2. The van der Waals surface area contributed by atoms with E-state index in [4.69, 9.17) is 42.6 Å². The lowest BCUT2D eigenvalue weighted by atomic mass is 9.97. The quantitative estimate of drug-likeness (QED) is 0.0701. The molecule has 2 aromatic rings. The maximum Gasteiger partial charge on any atom is 0.331 e. The molecule has 0 aromatic heterocycles. The molecule has 0 amide bonds. The van der Waals surface area contributed by atoms with E-state index in [2.05, 4.69) is 0 Å². The number of carbonyl (C=O) groups is 1. The zero-order valence-corrected chi connectivity index (χ0v) is 30.2. The highest BCUT2D eigenvalue weighted by Gasteiger charge is 2.55. The van der Waals surface area contributed by atoms with Gasteiger partial charge in [-0.1, -0.05) is 12.1 Å². The molecule has 3 heterocycles. The van der Waals surface area contributed by atoms with E-state index in [-0.39, 0.29) is 36.0 Å². The van der Waals surface area contributed by atoms with Gasteiger partial charge < -0.3 is 88.6 Å². The van der Waals surface area contributed by atoms with Crippen LogP contribution in [0.4, 0.5) is 0 Å². The summed E-state index contributed by atoms with van der Waals surface area (Å²) in [7, 11) is 2.75. The number of esters is 1. The number of ether oxygens (including phenoxy) is 9. The van der Waals surface area contributed by atoms with Crippen LogP contribution < -0.4 is 9.47 Å². The zero-order chi connectivity index (χ0) is 40.0. The van der Waals surface area contributed by atoms with E-state index >= 15 is 0 Å². The fraction of sp³-hybridized carbons (Fsp3) is 0.583. The first kappa shape index (κ1) is 42.5. The number of aliphatic hydroxyl groups is 7. The van der Waals surface area contributed by atoms with Crippen LogP contribution in [0.1, 0.15) is 18.1 Å². The summed E-state index contributed by atoms with van der Waals surface area (Å²) in [5, 5.41) is 93.9. The molecular weight excluding hydrogens is 736 g/mol. The molecule has 3 aliphatic rings. The number of phenols is 2. The number of hydrogen-bond acceptors (Lipinski definition) is 19. The first-order valence-electron chi connectivity index (χ1n) is 17.4. The minimum atomic E-state index is -2.13. The van der Waals surface area contributed by atoms with Crippen LogP contribution in [-0.2, 0) is 44.4 Å². The predicted molar refractivity (Wildman–Crippen MR) is 184 cm³/mol. The van der Waals surface area contributed by atoms with Gasteiger partial charge in [-0.2, -0.15) is 0 Å². The van der Waals surface area contributed by atoms with Gasteiger partial charge in [0.1, 0.15) is 48.3 Å². The Morgan fingerprint density at radius 1 is 0.855 bits per heavy atom. The lowest BCUT2D eigenvalue weighted by Crippen LogP contribution is -2.63. The summed E-state index contributed by atoms with van der Waals surface area (Å²) in [6.07, 6.45) is -16.2. The molecule has 5 rings (SSSR count). The minimum Gasteiger partial charge on any atom is -0.504 e. The van der Waals surface area contributed by atoms with Crippen molar-refractivity contribution >= 4 is 12.0 Å². The van der Waals surface area contributed by atoms with Gasteiger partial charge >= 0.3 is 5.97 Å². The largest absolute Gasteiger partial charge is 0.504 e. The van der Waals surface area contributed by atoms with Crippen LogP contribution in [0.5, 0.6) is 23.0 Å². The van der Waals surface area contributed by atoms with E-state index in [1.165, 1.54) is 51.5 Å². The molecule has 306 valence electrons. The monoisotopic (exact) mass is 784 g/mol. The summed E-state index contributed by atoms with van der Waals surface area (Å²) >= 11 is 0. The van der Waals surface area contributed by atoms with Crippen molar-refractivity contribution in [3.8, 4) is 23.0 Å². The summed E-state index contributed by atoms with van der Waals surface area (Å²) in [5.74, 6) is -0.849. The standard InChI is InChI=1S/C36H48O19/c1-17-26(41)27(42)28(43)33(52-17)50-14-24-30(54-25(40)9-6-18-4-7-20(38)23(13-18)48-3)31(55-35-32(45)36(46,15-37)16-51-35)29(44)34(53-24)49-11-10-19-5-8-22(47-2)21(39)12-19/h4-9,12-13,17,24,26-35,37-39,41-46H,10-11,14-16H2,1-3H3/t17-,24+,26-,27+,28+,29+,30+,31+,32-,33+,34+,35-,36+/m0/s1. The Morgan fingerprint density at radius 3 is 2.25 bits per heavy atom. The van der Waals surface area contributed by atoms with Gasteiger partial charge in [0.15, 0.2) is 48.0 Å². The molecule has 3 fully saturated rings. The molecule has 55 heavy (non-hydrogen) atoms. The first-order valence-corrected chi connectivity index (χ1v) is 17.4. The maximum atomic E-state index is 13.4. The van der Waals surface area contributed by atoms with Crippen molar-refractivity contribution in [1.29, 1.82) is 0 Å². The molecular formula is C36H48O19. The molecule has 19 nitrogen and oxygen atoms in total. The molecule has 3 aliphatic heterocycles. The second-order valence-electron chi connectivity index (χ2n) is 13.3. The van der Waals surface area contributed by atoms with Gasteiger partial charge in [-0.3, -0.25) is 0 Å². The van der Waals surface area contributed by atoms with Crippen LogP contribution in [0.3, 0.4) is 0 Å². The van der Waals surface area contributed by atoms with E-state index < -0.39 is 105 Å². The topological polar surface area (TPSA) is 282 Å². The molecule has 2 aromatic carbocycles. The molecule has 13 atom stereocenters. The highest BCUT2D eigenvalue weighted by molar-refractivity contribution is 5.87. The number of methoxy groups -OCH3 is 2. The van der Waals surface area contributed by atoms with E-state index in [0.29, 0.717) is 11.1 Å². The van der Waals surface area contributed by atoms with Crippen molar-refractivity contribution in [2.75, 3.05) is 40.6 Å². The van der Waals surface area contributed by atoms with E-state index in [0.717, 1.165) is 6.08 Å². The van der Waals surface area contributed by atoms with Crippen molar-refractivity contribution in [1.82, 2.24) is 0 Å². The molecule has 19 heteroatoms. The van der Waals surface area contributed by atoms with Gasteiger partial charge in [0.05, 0.1) is 46.8 Å². The highest BCUT2D eigenvalue weighted by Crippen LogP contribution is 2.34. The van der Waals surface area contributed by atoms with E-state index in [1.807, 2.05) is 0 Å². The minimum absolute atomic E-state index is 0.101. The van der Waals surface area contributed by atoms with Crippen LogP contribution in [0.15, 0.2) is 42.5 Å². The SMILES string of the molecule is COc1ccc(CCO[C@@H]2O[C@H](CO[C@@H]3O[C@@H](C)[C@H](O)[C@@H](O)[C@H]3O)[C@@H](OC(=O)C=Cc3ccc(O)c(OC)c3)[C@H](O[C@@H]3OC[C@](O)(CO)[C@H]3O)[C@H]2O)cc1O. The van der Waals surface area contributed by atoms with Crippen molar-refractivity contribution < 1.29 is 93.4 Å². The molecule has 0 radical (unpaired) electrons. The third-order valence-electron chi connectivity index (χ3n) is 9.50. The number of rotatable bonds is 15. The smallest absolute Gasteiger partial charge is 0.331 e. The number of hydrogen-bond donors (Lipinski definition) is 9. The second kappa shape index (κ2) is 18.5. The molecule has 0 unspecified atom stereocenters. The Kier molecular flexibility index (Phi) is 14.3. The van der Waals surface area contributed by atoms with E-state index in [1.54, 1.807) is 12.1 Å². The Bertz CT molecular complexity index is 1610. The maximum absolute atomic E-state index is 13.4. The number of aromatic hydroxyl groups is 2. The summed E-state index contributed by atoms with van der Waals surface area (Å²) in [5.41, 5.74) is -1.06. The predicted octanol–water partition coefficient (Wildman–Crippen LogP) is -1.94. The summed E-state index contributed by atoms with van der Waals surface area (Å²) < 4.78 is 50.6. The van der Waals surface area contributed by atoms with Gasteiger partial charge in [0.2, 0.25) is 0 Å². The third kappa shape index (κ3) is 9.84. The first-order chi connectivity index (χ1) is 26.2. The molecule has 9 N–H and O–H groups in total. The summed E-state index contributed by atoms with van der Waals surface area (Å²) in [6, 6.07) is 9.00. The summed E-state index contributed by atoms with van der Waals surface area (Å²) in [4.78, 5) is 13.4. The van der Waals surface area contributed by atoms with Gasteiger partial charge in [-0.15, -0.1) is 0 Å². The molecule has 0 spiro atoms. The van der Waals surface area contributed by atoms with Crippen molar-refractivity contribution in [2.24, 2.45) is 0 Å². The molecule has 0 saturated carbocycles. The number of aliphatic hydroxyl groups excluding tert-OH is 6. The Hall–Kier alpha value is -3.67. The van der Waals surface area contributed by atoms with Crippen LogP contribution >= 0.6 is 0 Å². The molecule has 0 aliphatic carbocycles. The Morgan fingerprint density at radius 2 is 1.58 bits per heavy atom.